The molecule has 0 spiro atoms. The van der Waals surface area contributed by atoms with Crippen LogP contribution in [0.5, 0.6) is 0 Å². The summed E-state index contributed by atoms with van der Waals surface area (Å²) in [4.78, 5) is 33.7. The van der Waals surface area contributed by atoms with Gasteiger partial charge < -0.3 is 30.1 Å². The third-order valence-electron chi connectivity index (χ3n) is 4.27. The second kappa shape index (κ2) is 7.91. The molecule has 0 aromatic heterocycles. The lowest BCUT2D eigenvalue weighted by molar-refractivity contribution is -0.117. The van der Waals surface area contributed by atoms with E-state index in [0.29, 0.717) is 10.5 Å². The van der Waals surface area contributed by atoms with Crippen LogP contribution in [-0.4, -0.2) is 76.1 Å². The Labute approximate surface area is 161 Å². The summed E-state index contributed by atoms with van der Waals surface area (Å²) in [6.07, 6.45) is -7.00. The van der Waals surface area contributed by atoms with Gasteiger partial charge in [-0.3, -0.25) is 9.78 Å². The minimum atomic E-state index is -1.84. The first-order valence-electron chi connectivity index (χ1n) is 8.16. The Balaban J connectivity index is 2.14. The van der Waals surface area contributed by atoms with Crippen LogP contribution in [0.25, 0.3) is 22.6 Å². The maximum Gasteiger partial charge on any atom is 0.349 e. The molecule has 0 amide bonds. The molecule has 0 fully saturated rings. The monoisotopic (exact) mass is 412 g/mol. The van der Waals surface area contributed by atoms with Crippen LogP contribution >= 0.6 is 11.6 Å². The Bertz CT molecular complexity index is 1080. The van der Waals surface area contributed by atoms with E-state index in [-0.39, 0.29) is 17.0 Å². The Hall–Kier alpha value is -2.41. The summed E-state index contributed by atoms with van der Waals surface area (Å²) >= 11 is 5.96. The van der Waals surface area contributed by atoms with Gasteiger partial charge >= 0.3 is 5.69 Å². The molecule has 0 unspecified atom stereocenters. The predicted molar refractivity (Wildman–Crippen MR) is 97.2 cm³/mol. The Morgan fingerprint density at radius 3 is 2.43 bits per heavy atom. The Morgan fingerprint density at radius 2 is 1.75 bits per heavy atom. The molecule has 0 saturated carbocycles. The van der Waals surface area contributed by atoms with Crippen molar-refractivity contribution in [2.45, 2.75) is 31.0 Å². The average molecular weight is 413 g/mol. The summed E-state index contributed by atoms with van der Waals surface area (Å²) in [5, 5.41) is 48.9. The van der Waals surface area contributed by atoms with Crippen molar-refractivity contribution in [3.63, 3.8) is 0 Å². The Morgan fingerprint density at radius 1 is 1.07 bits per heavy atom. The molecular weight excluding hydrogens is 396 g/mol. The standard InChI is InChI=1S/C16H17ClN4O7/c17-6-1-2-8-7(3-6)18-11-14(19-16(28)20-15(11)27)21(8)4-9(23)12(25)13(26)10(24)5-22/h1-3,9-10,12-13,22-26H,4-5H2,(H,20,27,28)/t9-,10-,12+,13-/m1/s1. The van der Waals surface area contributed by atoms with Crippen molar-refractivity contribution in [1.29, 1.82) is 0 Å². The van der Waals surface area contributed by atoms with Crippen molar-refractivity contribution in [2.75, 3.05) is 6.61 Å². The van der Waals surface area contributed by atoms with Crippen molar-refractivity contribution in [2.24, 2.45) is 0 Å². The summed E-state index contributed by atoms with van der Waals surface area (Å²) in [6, 6.07) is 4.51. The van der Waals surface area contributed by atoms with Gasteiger partial charge in [0.15, 0.2) is 11.5 Å². The van der Waals surface area contributed by atoms with Crippen molar-refractivity contribution < 1.29 is 25.5 Å². The SMILES string of the molecule is O=c1nc2n(C[C@@H](O)[C@H](O)[C@H](O)[C@H](O)CO)c3ccc(Cl)cc3nc-2c(=O)[nH]1. The highest BCUT2D eigenvalue weighted by molar-refractivity contribution is 6.31. The van der Waals surface area contributed by atoms with Gasteiger partial charge in [0.25, 0.3) is 5.56 Å². The van der Waals surface area contributed by atoms with E-state index in [0.717, 1.165) is 0 Å². The Kier molecular flexibility index (Phi) is 5.74. The normalized spacial score (nSPS) is 16.2. The predicted octanol–water partition coefficient (Wildman–Crippen LogP) is -2.33. The lowest BCUT2D eigenvalue weighted by atomic mass is 10.0. The zero-order valence-corrected chi connectivity index (χ0v) is 15.0. The summed E-state index contributed by atoms with van der Waals surface area (Å²) in [6.45, 7) is -1.24. The summed E-state index contributed by atoms with van der Waals surface area (Å²) in [5.74, 6) is -0.146. The fraction of sp³-hybridized carbons (Fsp3) is 0.375. The molecule has 2 aliphatic heterocycles. The van der Waals surface area contributed by atoms with E-state index in [2.05, 4.69) is 9.97 Å². The van der Waals surface area contributed by atoms with Gasteiger partial charge in [0, 0.05) is 5.02 Å². The first kappa shape index (κ1) is 20.3. The molecule has 1 aromatic carbocycles. The molecule has 28 heavy (non-hydrogen) atoms. The minimum absolute atomic E-state index is 0.146. The summed E-state index contributed by atoms with van der Waals surface area (Å²) in [5.41, 5.74) is -1.29. The van der Waals surface area contributed by atoms with Gasteiger partial charge in [0.2, 0.25) is 0 Å². The molecule has 150 valence electrons. The number of aliphatic hydroxyl groups is 5. The van der Waals surface area contributed by atoms with Crippen molar-refractivity contribution in [3.05, 3.63) is 44.1 Å². The van der Waals surface area contributed by atoms with Crippen LogP contribution in [-0.2, 0) is 6.54 Å². The minimum Gasteiger partial charge on any atom is -0.394 e. The lowest BCUT2D eigenvalue weighted by Crippen LogP contribution is -2.47. The number of benzene rings is 1. The molecule has 6 N–H and O–H groups in total. The van der Waals surface area contributed by atoms with Crippen molar-refractivity contribution in [3.8, 4) is 11.5 Å². The molecule has 12 heteroatoms. The number of nitrogens with zero attached hydrogens (tertiary/aromatic N) is 3. The topological polar surface area (TPSA) is 182 Å². The van der Waals surface area contributed by atoms with E-state index in [9.17, 15) is 30.0 Å². The quantitative estimate of drug-likeness (QED) is 0.242. The summed E-state index contributed by atoms with van der Waals surface area (Å²) in [7, 11) is 0. The van der Waals surface area contributed by atoms with Crippen LogP contribution in [0.4, 0.5) is 0 Å². The lowest BCUT2D eigenvalue weighted by Gasteiger charge is -2.27. The maximum absolute atomic E-state index is 12.1. The number of fused-ring (bicyclic) bond motifs is 2. The third-order valence-corrected chi connectivity index (χ3v) is 4.50. The van der Waals surface area contributed by atoms with Crippen LogP contribution in [0.1, 0.15) is 0 Å². The fourth-order valence-corrected chi connectivity index (χ4v) is 2.98. The number of hydrogen-bond donors (Lipinski definition) is 6. The van der Waals surface area contributed by atoms with E-state index in [1.165, 1.54) is 22.8 Å². The van der Waals surface area contributed by atoms with E-state index in [1.807, 2.05) is 4.98 Å². The maximum atomic E-state index is 12.1. The van der Waals surface area contributed by atoms with Crippen LogP contribution in [0, 0.1) is 0 Å². The van der Waals surface area contributed by atoms with Gasteiger partial charge in [-0.15, -0.1) is 0 Å². The van der Waals surface area contributed by atoms with Crippen molar-refractivity contribution in [1.82, 2.24) is 19.5 Å². The molecule has 2 aliphatic rings. The number of hydrogen-bond acceptors (Lipinski definition) is 9. The molecule has 2 heterocycles. The fourth-order valence-electron chi connectivity index (χ4n) is 2.82. The van der Waals surface area contributed by atoms with E-state index in [4.69, 9.17) is 16.7 Å². The average Bonchev–Trinajstić information content (AvgIpc) is 2.66. The van der Waals surface area contributed by atoms with Crippen LogP contribution < -0.4 is 11.2 Å². The zero-order chi connectivity index (χ0) is 20.6. The van der Waals surface area contributed by atoms with Crippen LogP contribution in [0.15, 0.2) is 27.8 Å². The second-order valence-corrected chi connectivity index (χ2v) is 6.63. The number of nitrogens with one attached hydrogen (secondary N) is 1. The van der Waals surface area contributed by atoms with E-state index in [1.54, 1.807) is 0 Å². The smallest absolute Gasteiger partial charge is 0.349 e. The number of aromatic amines is 1. The highest BCUT2D eigenvalue weighted by atomic mass is 35.5. The molecule has 3 rings (SSSR count). The van der Waals surface area contributed by atoms with Gasteiger partial charge in [0.05, 0.1) is 24.2 Å². The van der Waals surface area contributed by atoms with Gasteiger partial charge in [-0.05, 0) is 18.2 Å². The molecular formula is C16H17ClN4O7. The first-order chi connectivity index (χ1) is 13.2. The number of halogens is 1. The van der Waals surface area contributed by atoms with E-state index < -0.39 is 48.8 Å². The zero-order valence-electron chi connectivity index (χ0n) is 14.2. The molecule has 0 saturated heterocycles. The van der Waals surface area contributed by atoms with E-state index >= 15 is 0 Å². The number of rotatable bonds is 6. The first-order valence-corrected chi connectivity index (χ1v) is 8.54. The highest BCUT2D eigenvalue weighted by Gasteiger charge is 2.31. The number of H-pyrrole nitrogens is 1. The highest BCUT2D eigenvalue weighted by Crippen LogP contribution is 2.24. The number of aromatic nitrogens is 4. The molecule has 0 aliphatic carbocycles. The van der Waals surface area contributed by atoms with Gasteiger partial charge in [-0.2, -0.15) is 4.98 Å². The van der Waals surface area contributed by atoms with Crippen LogP contribution in [0.3, 0.4) is 0 Å². The van der Waals surface area contributed by atoms with Gasteiger partial charge in [-0.25, -0.2) is 9.78 Å². The second-order valence-electron chi connectivity index (χ2n) is 6.20. The molecule has 0 bridgehead atoms. The van der Waals surface area contributed by atoms with Gasteiger partial charge in [-0.1, -0.05) is 11.6 Å². The third kappa shape index (κ3) is 3.76. The number of aliphatic hydroxyl groups excluding tert-OH is 5. The molecule has 4 atom stereocenters. The largest absolute Gasteiger partial charge is 0.394 e. The molecule has 11 nitrogen and oxygen atoms in total. The molecule has 0 radical (unpaired) electrons. The summed E-state index contributed by atoms with van der Waals surface area (Å²) < 4.78 is 1.27. The van der Waals surface area contributed by atoms with Crippen LogP contribution in [0.2, 0.25) is 5.02 Å². The van der Waals surface area contributed by atoms with Crippen molar-refractivity contribution >= 4 is 22.6 Å². The molecule has 1 aromatic rings. The van der Waals surface area contributed by atoms with Gasteiger partial charge in [0.1, 0.15) is 24.4 Å².